The topological polar surface area (TPSA) is 77.8 Å². The fourth-order valence-electron chi connectivity index (χ4n) is 3.40. The van der Waals surface area contributed by atoms with Gasteiger partial charge in [0.2, 0.25) is 5.91 Å². The van der Waals surface area contributed by atoms with Gasteiger partial charge in [-0.15, -0.1) is 0 Å². The Hall–Kier alpha value is -3.34. The largest absolute Gasteiger partial charge is 0.361 e. The van der Waals surface area contributed by atoms with E-state index >= 15 is 0 Å². The van der Waals surface area contributed by atoms with Gasteiger partial charge >= 0.3 is 0 Å². The molecule has 0 spiro atoms. The molecule has 0 fully saturated rings. The molecule has 136 valence electrons. The smallest absolute Gasteiger partial charge is 0.251 e. The molecule has 4 rings (SSSR count). The molecule has 0 aliphatic carbocycles. The van der Waals surface area contributed by atoms with E-state index in [9.17, 15) is 9.59 Å². The van der Waals surface area contributed by atoms with Crippen LogP contribution in [-0.4, -0.2) is 22.4 Å². The summed E-state index contributed by atoms with van der Waals surface area (Å²) in [6.07, 6.45) is 3.11. The number of pyridine rings is 1. The van der Waals surface area contributed by atoms with Gasteiger partial charge in [-0.1, -0.05) is 24.3 Å². The van der Waals surface area contributed by atoms with E-state index in [1.165, 1.54) is 10.9 Å². The number of rotatable bonds is 5. The summed E-state index contributed by atoms with van der Waals surface area (Å²) in [7, 11) is 0. The first-order valence-corrected chi connectivity index (χ1v) is 9.04. The summed E-state index contributed by atoms with van der Waals surface area (Å²) in [5.41, 5.74) is 4.63. The molecule has 5 nitrogen and oxygen atoms in total. The van der Waals surface area contributed by atoms with Crippen molar-refractivity contribution in [3.8, 4) is 0 Å². The van der Waals surface area contributed by atoms with Crippen LogP contribution in [0.3, 0.4) is 0 Å². The molecule has 27 heavy (non-hydrogen) atoms. The highest BCUT2D eigenvalue weighted by Crippen LogP contribution is 2.18. The lowest BCUT2D eigenvalue weighted by molar-refractivity contribution is -0.120. The number of aromatic nitrogens is 2. The molecule has 0 aliphatic rings. The predicted molar refractivity (Wildman–Crippen MR) is 108 cm³/mol. The van der Waals surface area contributed by atoms with Crippen LogP contribution in [0.4, 0.5) is 0 Å². The minimum absolute atomic E-state index is 0.00432. The van der Waals surface area contributed by atoms with Crippen LogP contribution in [-0.2, 0) is 17.6 Å². The van der Waals surface area contributed by atoms with Crippen LogP contribution < -0.4 is 10.9 Å². The van der Waals surface area contributed by atoms with Crippen molar-refractivity contribution in [3.63, 3.8) is 0 Å². The Kier molecular flexibility index (Phi) is 4.50. The lowest BCUT2D eigenvalue weighted by Crippen LogP contribution is -2.27. The highest BCUT2D eigenvalue weighted by atomic mass is 16.1. The normalized spacial score (nSPS) is 11.1. The molecule has 0 unspecified atom stereocenters. The fraction of sp³-hybridized carbons (Fsp3) is 0.182. The molecule has 4 aromatic rings. The molecular weight excluding hydrogens is 338 g/mol. The summed E-state index contributed by atoms with van der Waals surface area (Å²) in [4.78, 5) is 30.1. The minimum atomic E-state index is -0.0785. The zero-order valence-corrected chi connectivity index (χ0v) is 15.1. The summed E-state index contributed by atoms with van der Waals surface area (Å²) in [6, 6.07) is 15.7. The third-order valence-corrected chi connectivity index (χ3v) is 4.85. The molecule has 0 radical (unpaired) electrons. The Morgan fingerprint density at radius 2 is 1.93 bits per heavy atom. The average Bonchev–Trinajstić information content (AvgIpc) is 3.06. The number of hydrogen-bond acceptors (Lipinski definition) is 2. The first-order chi connectivity index (χ1) is 13.1. The number of aromatic amines is 2. The Bertz CT molecular complexity index is 1190. The van der Waals surface area contributed by atoms with Crippen LogP contribution in [0.15, 0.2) is 59.5 Å². The molecule has 2 aromatic heterocycles. The Labute approximate surface area is 156 Å². The van der Waals surface area contributed by atoms with E-state index in [0.29, 0.717) is 18.5 Å². The van der Waals surface area contributed by atoms with Gasteiger partial charge in [0.1, 0.15) is 0 Å². The van der Waals surface area contributed by atoms with E-state index in [1.54, 1.807) is 6.92 Å². The summed E-state index contributed by atoms with van der Waals surface area (Å²) in [6.45, 7) is 2.38. The van der Waals surface area contributed by atoms with Gasteiger partial charge in [-0.2, -0.15) is 0 Å². The molecule has 3 N–H and O–H groups in total. The van der Waals surface area contributed by atoms with Crippen molar-refractivity contribution >= 4 is 27.7 Å². The Morgan fingerprint density at radius 1 is 1.07 bits per heavy atom. The van der Waals surface area contributed by atoms with E-state index in [2.05, 4.69) is 21.4 Å². The van der Waals surface area contributed by atoms with E-state index in [4.69, 9.17) is 0 Å². The van der Waals surface area contributed by atoms with Gasteiger partial charge in [-0.3, -0.25) is 9.59 Å². The molecule has 0 bridgehead atoms. The standard InChI is InChI=1S/C22H21N3O2/c1-14-10-17-11-15(6-7-19(17)25-22(14)27)12-21(26)23-9-8-16-13-24-20-5-3-2-4-18(16)20/h2-7,10-11,13,24H,8-9,12H2,1H3,(H,23,26)(H,25,27). The Balaban J connectivity index is 1.38. The van der Waals surface area contributed by atoms with Gasteiger partial charge in [-0.05, 0) is 54.1 Å². The molecule has 2 aromatic carbocycles. The number of benzene rings is 2. The second-order valence-electron chi connectivity index (χ2n) is 6.84. The van der Waals surface area contributed by atoms with Crippen molar-refractivity contribution in [2.75, 3.05) is 6.54 Å². The molecule has 5 heteroatoms. The van der Waals surface area contributed by atoms with Crippen LogP contribution in [0, 0.1) is 6.92 Å². The number of aryl methyl sites for hydroxylation is 1. The van der Waals surface area contributed by atoms with Crippen LogP contribution in [0.5, 0.6) is 0 Å². The number of hydrogen-bond donors (Lipinski definition) is 3. The third-order valence-electron chi connectivity index (χ3n) is 4.85. The lowest BCUT2D eigenvalue weighted by Gasteiger charge is -2.07. The van der Waals surface area contributed by atoms with E-state index in [0.717, 1.165) is 28.4 Å². The number of H-pyrrole nitrogens is 2. The quantitative estimate of drug-likeness (QED) is 0.512. The number of carbonyl (C=O) groups is 1. The number of carbonyl (C=O) groups excluding carboxylic acids is 1. The molecule has 1 amide bonds. The zero-order valence-electron chi connectivity index (χ0n) is 15.1. The van der Waals surface area contributed by atoms with E-state index in [-0.39, 0.29) is 11.5 Å². The first kappa shape index (κ1) is 17.1. The maximum absolute atomic E-state index is 12.3. The molecular formula is C22H21N3O2. The fourth-order valence-corrected chi connectivity index (χ4v) is 3.40. The molecule has 0 saturated heterocycles. The van der Waals surface area contributed by atoms with Gasteiger partial charge in [0.25, 0.3) is 5.56 Å². The van der Waals surface area contributed by atoms with Crippen LogP contribution in [0.25, 0.3) is 21.8 Å². The van der Waals surface area contributed by atoms with Gasteiger partial charge in [0.05, 0.1) is 6.42 Å². The second-order valence-corrected chi connectivity index (χ2v) is 6.84. The highest BCUT2D eigenvalue weighted by molar-refractivity contribution is 5.84. The maximum atomic E-state index is 12.3. The van der Waals surface area contributed by atoms with E-state index in [1.807, 2.05) is 48.7 Å². The molecule has 2 heterocycles. The maximum Gasteiger partial charge on any atom is 0.251 e. The van der Waals surface area contributed by atoms with Gasteiger partial charge < -0.3 is 15.3 Å². The van der Waals surface area contributed by atoms with Crippen molar-refractivity contribution in [2.45, 2.75) is 19.8 Å². The van der Waals surface area contributed by atoms with Crippen molar-refractivity contribution in [3.05, 3.63) is 81.8 Å². The van der Waals surface area contributed by atoms with Crippen LogP contribution in [0.1, 0.15) is 16.7 Å². The lowest BCUT2D eigenvalue weighted by atomic mass is 10.1. The Morgan fingerprint density at radius 3 is 2.81 bits per heavy atom. The minimum Gasteiger partial charge on any atom is -0.361 e. The second kappa shape index (κ2) is 7.11. The average molecular weight is 359 g/mol. The third kappa shape index (κ3) is 3.62. The molecule has 0 atom stereocenters. The van der Waals surface area contributed by atoms with Crippen LogP contribution >= 0.6 is 0 Å². The van der Waals surface area contributed by atoms with Gasteiger partial charge in [0, 0.05) is 34.7 Å². The summed E-state index contributed by atoms with van der Waals surface area (Å²) in [5, 5.41) is 5.13. The van der Waals surface area contributed by atoms with Crippen molar-refractivity contribution in [1.29, 1.82) is 0 Å². The SMILES string of the molecule is Cc1cc2cc(CC(=O)NCCc3c[nH]c4ccccc34)ccc2[nH]c1=O. The van der Waals surface area contributed by atoms with E-state index < -0.39 is 0 Å². The monoisotopic (exact) mass is 359 g/mol. The summed E-state index contributed by atoms with van der Waals surface area (Å²) >= 11 is 0. The van der Waals surface area contributed by atoms with Crippen molar-refractivity contribution in [1.82, 2.24) is 15.3 Å². The number of nitrogens with one attached hydrogen (secondary N) is 3. The highest BCUT2D eigenvalue weighted by Gasteiger charge is 2.07. The number of para-hydroxylation sites is 1. The zero-order chi connectivity index (χ0) is 18.8. The number of amides is 1. The van der Waals surface area contributed by atoms with Gasteiger partial charge in [-0.25, -0.2) is 0 Å². The predicted octanol–water partition coefficient (Wildman–Crippen LogP) is 3.22. The van der Waals surface area contributed by atoms with Crippen molar-refractivity contribution in [2.24, 2.45) is 0 Å². The molecule has 0 aliphatic heterocycles. The molecule has 0 saturated carbocycles. The number of fused-ring (bicyclic) bond motifs is 2. The first-order valence-electron chi connectivity index (χ1n) is 9.04. The summed E-state index contributed by atoms with van der Waals surface area (Å²) in [5.74, 6) is -0.00432. The van der Waals surface area contributed by atoms with Gasteiger partial charge in [0.15, 0.2) is 0 Å². The van der Waals surface area contributed by atoms with Crippen molar-refractivity contribution < 1.29 is 4.79 Å². The summed E-state index contributed by atoms with van der Waals surface area (Å²) < 4.78 is 0. The van der Waals surface area contributed by atoms with Crippen LogP contribution in [0.2, 0.25) is 0 Å².